The maximum absolute atomic E-state index is 12.8. The lowest BCUT2D eigenvalue weighted by atomic mass is 10.2. The third-order valence-electron chi connectivity index (χ3n) is 3.37. The van der Waals surface area contributed by atoms with Gasteiger partial charge in [0.2, 0.25) is 11.8 Å². The Bertz CT molecular complexity index is 845. The van der Waals surface area contributed by atoms with Crippen molar-refractivity contribution in [3.05, 3.63) is 60.2 Å². The van der Waals surface area contributed by atoms with Gasteiger partial charge in [0, 0.05) is 17.7 Å². The number of amides is 1. The third kappa shape index (κ3) is 4.41. The maximum Gasteiger partial charge on any atom is 0.262 e. The predicted molar refractivity (Wildman–Crippen MR) is 89.6 cm³/mol. The van der Waals surface area contributed by atoms with E-state index in [2.05, 4.69) is 15.5 Å². The minimum absolute atomic E-state index is 0.155. The molecule has 2 aromatic carbocycles. The van der Waals surface area contributed by atoms with E-state index in [0.29, 0.717) is 29.6 Å². The molecule has 0 aliphatic carbocycles. The van der Waals surface area contributed by atoms with Crippen molar-refractivity contribution >= 4 is 11.6 Å². The molecule has 0 radical (unpaired) electrons. The summed E-state index contributed by atoms with van der Waals surface area (Å²) in [6, 6.07) is 12.5. The number of rotatable bonds is 6. The number of benzene rings is 2. The number of aromatic nitrogens is 2. The molecule has 128 valence electrons. The molecule has 0 aliphatic rings. The van der Waals surface area contributed by atoms with Crippen LogP contribution < -0.4 is 10.1 Å². The summed E-state index contributed by atoms with van der Waals surface area (Å²) in [6.45, 7) is 1.78. The number of hydrogen-bond acceptors (Lipinski definition) is 5. The fourth-order valence-electron chi connectivity index (χ4n) is 2.09. The van der Waals surface area contributed by atoms with E-state index in [9.17, 15) is 9.18 Å². The van der Waals surface area contributed by atoms with Gasteiger partial charge in [-0.2, -0.15) is 0 Å². The Morgan fingerprint density at radius 1 is 1.12 bits per heavy atom. The lowest BCUT2D eigenvalue weighted by Gasteiger charge is -2.07. The Kier molecular flexibility index (Phi) is 5.03. The molecule has 3 rings (SSSR count). The van der Waals surface area contributed by atoms with Crippen LogP contribution in [-0.4, -0.2) is 22.7 Å². The molecule has 0 atom stereocenters. The second kappa shape index (κ2) is 7.57. The molecule has 1 aromatic heterocycles. The van der Waals surface area contributed by atoms with Gasteiger partial charge in [-0.1, -0.05) is 6.92 Å². The molecule has 7 heteroatoms. The van der Waals surface area contributed by atoms with Gasteiger partial charge in [0.25, 0.3) is 5.91 Å². The van der Waals surface area contributed by atoms with Crippen molar-refractivity contribution in [2.75, 3.05) is 11.9 Å². The van der Waals surface area contributed by atoms with E-state index >= 15 is 0 Å². The minimum atomic E-state index is -0.360. The Labute approximate surface area is 143 Å². The standard InChI is InChI=1S/C18H16FN3O3/c1-2-17-21-22-18(25-17)12-3-9-15(10-4-12)24-11-16(23)20-14-7-5-13(19)6-8-14/h3-10H,2,11H2,1H3,(H,20,23). The highest BCUT2D eigenvalue weighted by molar-refractivity contribution is 5.91. The Balaban J connectivity index is 1.54. The lowest BCUT2D eigenvalue weighted by molar-refractivity contribution is -0.118. The predicted octanol–water partition coefficient (Wildman–Crippen LogP) is 3.46. The molecule has 0 fully saturated rings. The number of nitrogens with one attached hydrogen (secondary N) is 1. The minimum Gasteiger partial charge on any atom is -0.484 e. The van der Waals surface area contributed by atoms with Crippen LogP contribution in [0.3, 0.4) is 0 Å². The van der Waals surface area contributed by atoms with E-state index in [1.54, 1.807) is 24.3 Å². The number of aryl methyl sites for hydroxylation is 1. The van der Waals surface area contributed by atoms with Crippen LogP contribution in [0.15, 0.2) is 52.9 Å². The molecule has 1 N–H and O–H groups in total. The average Bonchev–Trinajstić information content (AvgIpc) is 3.12. The van der Waals surface area contributed by atoms with Crippen molar-refractivity contribution in [2.24, 2.45) is 0 Å². The van der Waals surface area contributed by atoms with Gasteiger partial charge in [0.1, 0.15) is 11.6 Å². The zero-order valence-corrected chi connectivity index (χ0v) is 13.5. The second-order valence-corrected chi connectivity index (χ2v) is 5.22. The summed E-state index contributed by atoms with van der Waals surface area (Å²) in [7, 11) is 0. The molecule has 0 unspecified atom stereocenters. The van der Waals surface area contributed by atoms with E-state index in [1.807, 2.05) is 6.92 Å². The highest BCUT2D eigenvalue weighted by Gasteiger charge is 2.08. The zero-order chi connectivity index (χ0) is 17.6. The van der Waals surface area contributed by atoms with E-state index in [-0.39, 0.29) is 18.3 Å². The molecule has 0 saturated heterocycles. The van der Waals surface area contributed by atoms with Crippen molar-refractivity contribution in [3.8, 4) is 17.2 Å². The monoisotopic (exact) mass is 341 g/mol. The number of anilines is 1. The first-order chi connectivity index (χ1) is 12.1. The number of hydrogen-bond donors (Lipinski definition) is 1. The van der Waals surface area contributed by atoms with E-state index in [4.69, 9.17) is 9.15 Å². The van der Waals surface area contributed by atoms with Gasteiger partial charge in [-0.3, -0.25) is 4.79 Å². The number of carbonyl (C=O) groups excluding carboxylic acids is 1. The molecule has 1 amide bonds. The Morgan fingerprint density at radius 2 is 1.84 bits per heavy atom. The maximum atomic E-state index is 12.8. The highest BCUT2D eigenvalue weighted by Crippen LogP contribution is 2.21. The summed E-state index contributed by atoms with van der Waals surface area (Å²) in [4.78, 5) is 11.8. The summed E-state index contributed by atoms with van der Waals surface area (Å²) in [5.74, 6) is 0.861. The van der Waals surface area contributed by atoms with Crippen LogP contribution in [0.4, 0.5) is 10.1 Å². The molecule has 0 bridgehead atoms. The van der Waals surface area contributed by atoms with Crippen LogP contribution in [-0.2, 0) is 11.2 Å². The molecule has 6 nitrogen and oxygen atoms in total. The summed E-state index contributed by atoms with van der Waals surface area (Å²) in [5, 5.41) is 10.5. The molecule has 0 aliphatic heterocycles. The molecule has 25 heavy (non-hydrogen) atoms. The van der Waals surface area contributed by atoms with Crippen LogP contribution >= 0.6 is 0 Å². The third-order valence-corrected chi connectivity index (χ3v) is 3.37. The normalized spacial score (nSPS) is 10.5. The van der Waals surface area contributed by atoms with Crippen LogP contribution in [0.25, 0.3) is 11.5 Å². The van der Waals surface area contributed by atoms with Gasteiger partial charge in [0.05, 0.1) is 0 Å². The van der Waals surface area contributed by atoms with E-state index in [0.717, 1.165) is 5.56 Å². The fraction of sp³-hybridized carbons (Fsp3) is 0.167. The van der Waals surface area contributed by atoms with Crippen LogP contribution in [0.5, 0.6) is 5.75 Å². The van der Waals surface area contributed by atoms with Crippen LogP contribution in [0, 0.1) is 5.82 Å². The summed E-state index contributed by atoms with van der Waals surface area (Å²) in [6.07, 6.45) is 0.678. The first-order valence-corrected chi connectivity index (χ1v) is 7.75. The Hall–Kier alpha value is -3.22. The summed E-state index contributed by atoms with van der Waals surface area (Å²) < 4.78 is 23.7. The van der Waals surface area contributed by atoms with Gasteiger partial charge in [-0.05, 0) is 48.5 Å². The van der Waals surface area contributed by atoms with Crippen molar-refractivity contribution in [1.29, 1.82) is 0 Å². The van der Waals surface area contributed by atoms with Crippen LogP contribution in [0.1, 0.15) is 12.8 Å². The largest absolute Gasteiger partial charge is 0.484 e. The smallest absolute Gasteiger partial charge is 0.262 e. The number of halogens is 1. The molecule has 3 aromatic rings. The quantitative estimate of drug-likeness (QED) is 0.743. The molecule has 0 spiro atoms. The number of ether oxygens (including phenoxy) is 1. The number of nitrogens with zero attached hydrogens (tertiary/aromatic N) is 2. The van der Waals surface area contributed by atoms with Crippen molar-refractivity contribution in [3.63, 3.8) is 0 Å². The SMILES string of the molecule is CCc1nnc(-c2ccc(OCC(=O)Nc3ccc(F)cc3)cc2)o1. The molecule has 1 heterocycles. The summed E-state index contributed by atoms with van der Waals surface area (Å²) in [5.41, 5.74) is 1.28. The molecular formula is C18H16FN3O3. The second-order valence-electron chi connectivity index (χ2n) is 5.22. The van der Waals surface area contributed by atoms with Crippen molar-refractivity contribution in [2.45, 2.75) is 13.3 Å². The average molecular weight is 341 g/mol. The van der Waals surface area contributed by atoms with E-state index in [1.165, 1.54) is 24.3 Å². The first kappa shape index (κ1) is 16.6. The van der Waals surface area contributed by atoms with Gasteiger partial charge >= 0.3 is 0 Å². The first-order valence-electron chi connectivity index (χ1n) is 7.75. The van der Waals surface area contributed by atoms with E-state index < -0.39 is 0 Å². The lowest BCUT2D eigenvalue weighted by Crippen LogP contribution is -2.20. The van der Waals surface area contributed by atoms with Gasteiger partial charge in [-0.15, -0.1) is 10.2 Å². The van der Waals surface area contributed by atoms with Gasteiger partial charge < -0.3 is 14.5 Å². The number of carbonyl (C=O) groups is 1. The topological polar surface area (TPSA) is 77.2 Å². The Morgan fingerprint density at radius 3 is 2.48 bits per heavy atom. The van der Waals surface area contributed by atoms with Crippen LogP contribution in [0.2, 0.25) is 0 Å². The molecular weight excluding hydrogens is 325 g/mol. The summed E-state index contributed by atoms with van der Waals surface area (Å²) >= 11 is 0. The van der Waals surface area contributed by atoms with Crippen molar-refractivity contribution < 1.29 is 18.3 Å². The van der Waals surface area contributed by atoms with Gasteiger partial charge in [0.15, 0.2) is 6.61 Å². The molecule has 0 saturated carbocycles. The fourth-order valence-corrected chi connectivity index (χ4v) is 2.09. The zero-order valence-electron chi connectivity index (χ0n) is 13.5. The highest BCUT2D eigenvalue weighted by atomic mass is 19.1. The van der Waals surface area contributed by atoms with Crippen molar-refractivity contribution in [1.82, 2.24) is 10.2 Å². The van der Waals surface area contributed by atoms with Gasteiger partial charge in [-0.25, -0.2) is 4.39 Å².